The molecule has 0 spiro atoms. The molecule has 1 N–H and O–H groups in total. The van der Waals surface area contributed by atoms with Crippen molar-refractivity contribution in [2.45, 2.75) is 26.4 Å². The number of nitrogens with zero attached hydrogens (tertiary/aromatic N) is 1. The van der Waals surface area contributed by atoms with E-state index in [-0.39, 0.29) is 34.2 Å². The predicted molar refractivity (Wildman–Crippen MR) is 141 cm³/mol. The van der Waals surface area contributed by atoms with Crippen molar-refractivity contribution in [3.8, 4) is 17.2 Å². The third kappa shape index (κ3) is 5.00. The molecule has 7 nitrogen and oxygen atoms in total. The summed E-state index contributed by atoms with van der Waals surface area (Å²) in [5.74, 6) is -0.439. The van der Waals surface area contributed by atoms with Crippen molar-refractivity contribution in [2.75, 3.05) is 20.8 Å². The summed E-state index contributed by atoms with van der Waals surface area (Å²) in [7, 11) is 2.97. The second kappa shape index (κ2) is 11.0. The lowest BCUT2D eigenvalue weighted by Gasteiger charge is -2.26. The fraction of sp³-hybridized carbons (Fsp3) is 0.241. The first-order valence-corrected chi connectivity index (χ1v) is 12.2. The number of ether oxygens (including phenoxy) is 3. The number of carbonyl (C=O) groups excluding carboxylic acids is 2. The normalized spacial score (nSPS) is 16.7. The molecular formula is C29H28ClNO6. The molecule has 192 valence electrons. The molecule has 1 atom stereocenters. The van der Waals surface area contributed by atoms with Gasteiger partial charge in [0.25, 0.3) is 11.7 Å². The summed E-state index contributed by atoms with van der Waals surface area (Å²) in [5, 5.41) is 11.8. The van der Waals surface area contributed by atoms with Crippen LogP contribution in [-0.4, -0.2) is 42.5 Å². The minimum absolute atomic E-state index is 0.0518. The minimum Gasteiger partial charge on any atom is -0.507 e. The number of ketones is 1. The highest BCUT2D eigenvalue weighted by molar-refractivity contribution is 6.46. The van der Waals surface area contributed by atoms with Crippen molar-refractivity contribution in [1.29, 1.82) is 0 Å². The van der Waals surface area contributed by atoms with Gasteiger partial charge in [-0.15, -0.1) is 0 Å². The smallest absolute Gasteiger partial charge is 0.295 e. The average Bonchev–Trinajstić information content (AvgIpc) is 3.13. The first kappa shape index (κ1) is 26.1. The average molecular weight is 522 g/mol. The fourth-order valence-corrected chi connectivity index (χ4v) is 4.93. The molecule has 1 fully saturated rings. The molecule has 0 aliphatic carbocycles. The SMILES string of the molecule is CCOc1ccc(C2/C(=C(\O)c3cc(C)cc(Cl)c3OC)C(=O)C(=O)N2Cc2ccccc2OC)cc1. The topological polar surface area (TPSA) is 85.3 Å². The Kier molecular flexibility index (Phi) is 7.74. The van der Waals surface area contributed by atoms with E-state index < -0.39 is 17.7 Å². The Morgan fingerprint density at radius 2 is 1.73 bits per heavy atom. The zero-order valence-corrected chi connectivity index (χ0v) is 21.8. The van der Waals surface area contributed by atoms with Crippen LogP contribution in [0.1, 0.15) is 35.2 Å². The molecule has 0 bridgehead atoms. The molecular weight excluding hydrogens is 494 g/mol. The lowest BCUT2D eigenvalue weighted by molar-refractivity contribution is -0.140. The number of benzene rings is 3. The third-order valence-corrected chi connectivity index (χ3v) is 6.51. The van der Waals surface area contributed by atoms with Crippen LogP contribution in [0.15, 0.2) is 66.2 Å². The molecule has 1 aliphatic rings. The van der Waals surface area contributed by atoms with Gasteiger partial charge in [-0.05, 0) is 55.3 Å². The number of carbonyl (C=O) groups is 2. The van der Waals surface area contributed by atoms with Crippen molar-refractivity contribution in [3.63, 3.8) is 0 Å². The highest BCUT2D eigenvalue weighted by Gasteiger charge is 2.46. The number of para-hydroxylation sites is 1. The zero-order chi connectivity index (χ0) is 26.7. The van der Waals surface area contributed by atoms with Crippen LogP contribution in [0.25, 0.3) is 5.76 Å². The molecule has 0 radical (unpaired) electrons. The van der Waals surface area contributed by atoms with Crippen LogP contribution < -0.4 is 14.2 Å². The zero-order valence-electron chi connectivity index (χ0n) is 21.1. The van der Waals surface area contributed by atoms with Gasteiger partial charge in [0.2, 0.25) is 0 Å². The molecule has 37 heavy (non-hydrogen) atoms. The standard InChI is InChI=1S/C29H28ClNO6/c1-5-37-20-12-10-18(11-13-20)25-24(26(32)21-14-17(2)15-22(30)28(21)36-4)27(33)29(34)31(25)16-19-8-6-7-9-23(19)35-3/h6-15,25,32H,5,16H2,1-4H3/b26-24+. The van der Waals surface area contributed by atoms with Gasteiger partial charge in [-0.25, -0.2) is 0 Å². The lowest BCUT2D eigenvalue weighted by Crippen LogP contribution is -2.29. The molecule has 0 aromatic heterocycles. The molecule has 1 unspecified atom stereocenters. The van der Waals surface area contributed by atoms with E-state index in [1.807, 2.05) is 32.0 Å². The van der Waals surface area contributed by atoms with Crippen LogP contribution in [0.2, 0.25) is 5.02 Å². The second-order valence-electron chi connectivity index (χ2n) is 8.57. The fourth-order valence-electron chi connectivity index (χ4n) is 4.58. The number of Topliss-reactive ketones (excluding diaryl/α,β-unsaturated/α-hetero) is 1. The Hall–Kier alpha value is -3.97. The van der Waals surface area contributed by atoms with E-state index in [1.54, 1.807) is 49.6 Å². The van der Waals surface area contributed by atoms with Crippen molar-refractivity contribution < 1.29 is 28.9 Å². The largest absolute Gasteiger partial charge is 0.507 e. The number of aliphatic hydroxyl groups excluding tert-OH is 1. The summed E-state index contributed by atoms with van der Waals surface area (Å²) in [4.78, 5) is 28.3. The number of rotatable bonds is 8. The number of aliphatic hydroxyl groups is 1. The first-order valence-electron chi connectivity index (χ1n) is 11.8. The number of amides is 1. The van der Waals surface area contributed by atoms with E-state index in [0.29, 0.717) is 23.7 Å². The van der Waals surface area contributed by atoms with Gasteiger partial charge in [0.15, 0.2) is 0 Å². The first-order chi connectivity index (χ1) is 17.8. The number of halogens is 1. The Morgan fingerprint density at radius 1 is 1.03 bits per heavy atom. The minimum atomic E-state index is -0.871. The molecule has 1 amide bonds. The van der Waals surface area contributed by atoms with Gasteiger partial charge >= 0.3 is 0 Å². The van der Waals surface area contributed by atoms with Gasteiger partial charge in [-0.1, -0.05) is 41.9 Å². The monoisotopic (exact) mass is 521 g/mol. The van der Waals surface area contributed by atoms with Gasteiger partial charge in [-0.2, -0.15) is 0 Å². The van der Waals surface area contributed by atoms with Gasteiger partial charge < -0.3 is 24.2 Å². The number of aryl methyl sites for hydroxylation is 1. The maximum atomic E-state index is 13.5. The van der Waals surface area contributed by atoms with Gasteiger partial charge in [-0.3, -0.25) is 9.59 Å². The summed E-state index contributed by atoms with van der Waals surface area (Å²) in [6.07, 6.45) is 0. The highest BCUT2D eigenvalue weighted by Crippen LogP contribution is 2.44. The van der Waals surface area contributed by atoms with Crippen LogP contribution in [-0.2, 0) is 16.1 Å². The molecule has 3 aromatic rings. The molecule has 8 heteroatoms. The molecule has 4 rings (SSSR count). The molecule has 0 saturated carbocycles. The molecule has 1 aliphatic heterocycles. The number of likely N-dealkylation sites (tertiary alicyclic amines) is 1. The highest BCUT2D eigenvalue weighted by atomic mass is 35.5. The van der Waals surface area contributed by atoms with E-state index in [9.17, 15) is 14.7 Å². The maximum Gasteiger partial charge on any atom is 0.295 e. The summed E-state index contributed by atoms with van der Waals surface area (Å²) >= 11 is 6.37. The van der Waals surface area contributed by atoms with Gasteiger partial charge in [0, 0.05) is 5.56 Å². The molecule has 1 saturated heterocycles. The molecule has 3 aromatic carbocycles. The summed E-state index contributed by atoms with van der Waals surface area (Å²) in [5.41, 5.74) is 2.30. The Labute approximate surface area is 220 Å². The number of hydrogen-bond acceptors (Lipinski definition) is 6. The summed E-state index contributed by atoms with van der Waals surface area (Å²) < 4.78 is 16.5. The van der Waals surface area contributed by atoms with Crippen molar-refractivity contribution >= 4 is 29.1 Å². The lowest BCUT2D eigenvalue weighted by atomic mass is 9.94. The second-order valence-corrected chi connectivity index (χ2v) is 8.98. The van der Waals surface area contributed by atoms with E-state index in [4.69, 9.17) is 25.8 Å². The Morgan fingerprint density at radius 3 is 2.38 bits per heavy atom. The van der Waals surface area contributed by atoms with Crippen LogP contribution in [0.3, 0.4) is 0 Å². The van der Waals surface area contributed by atoms with E-state index in [2.05, 4.69) is 0 Å². The quantitative estimate of drug-likeness (QED) is 0.233. The van der Waals surface area contributed by atoms with Crippen LogP contribution in [0, 0.1) is 6.92 Å². The maximum absolute atomic E-state index is 13.5. The molecule has 1 heterocycles. The van der Waals surface area contributed by atoms with Crippen LogP contribution >= 0.6 is 11.6 Å². The summed E-state index contributed by atoms with van der Waals surface area (Å²) in [6.45, 7) is 4.29. The van der Waals surface area contributed by atoms with Crippen LogP contribution in [0.5, 0.6) is 17.2 Å². The summed E-state index contributed by atoms with van der Waals surface area (Å²) in [6, 6.07) is 16.9. The van der Waals surface area contributed by atoms with Gasteiger partial charge in [0.05, 0.1) is 49.6 Å². The van der Waals surface area contributed by atoms with E-state index in [1.165, 1.54) is 12.0 Å². The van der Waals surface area contributed by atoms with E-state index >= 15 is 0 Å². The number of hydrogen-bond donors (Lipinski definition) is 1. The number of methoxy groups -OCH3 is 2. The van der Waals surface area contributed by atoms with E-state index in [0.717, 1.165) is 11.1 Å². The van der Waals surface area contributed by atoms with Crippen molar-refractivity contribution in [3.05, 3.63) is 93.5 Å². The van der Waals surface area contributed by atoms with Gasteiger partial charge in [0.1, 0.15) is 23.0 Å². The Bertz CT molecular complexity index is 1370. The Balaban J connectivity index is 1.92. The van der Waals surface area contributed by atoms with Crippen molar-refractivity contribution in [2.24, 2.45) is 0 Å². The van der Waals surface area contributed by atoms with Crippen LogP contribution in [0.4, 0.5) is 0 Å². The predicted octanol–water partition coefficient (Wildman–Crippen LogP) is 5.69. The van der Waals surface area contributed by atoms with Crippen molar-refractivity contribution in [1.82, 2.24) is 4.90 Å². The third-order valence-electron chi connectivity index (χ3n) is 6.23.